The van der Waals surface area contributed by atoms with Gasteiger partial charge in [-0.15, -0.1) is 0 Å². The lowest BCUT2D eigenvalue weighted by molar-refractivity contribution is 0.440. The molecule has 1 fully saturated rings. The second-order valence-corrected chi connectivity index (χ2v) is 9.72. The quantitative estimate of drug-likeness (QED) is 0.265. The van der Waals surface area contributed by atoms with Crippen LogP contribution in [0, 0.1) is 19.7 Å². The normalized spacial score (nSPS) is 14.0. The lowest BCUT2D eigenvalue weighted by atomic mass is 9.97. The summed E-state index contributed by atoms with van der Waals surface area (Å²) in [5, 5.41) is 1.09. The van der Waals surface area contributed by atoms with Crippen LogP contribution in [0.1, 0.15) is 43.6 Å². The number of aromatic amines is 1. The summed E-state index contributed by atoms with van der Waals surface area (Å²) < 4.78 is 20.6. The second kappa shape index (κ2) is 10.8. The highest BCUT2D eigenvalue weighted by atomic mass is 35.5. The summed E-state index contributed by atoms with van der Waals surface area (Å²) in [6, 6.07) is 10.7. The van der Waals surface area contributed by atoms with Gasteiger partial charge in [-0.25, -0.2) is 19.3 Å². The summed E-state index contributed by atoms with van der Waals surface area (Å²) in [6.45, 7) is 3.71. The number of aromatic nitrogens is 5. The molecule has 6 rings (SSSR count). The number of aryl methyl sites for hydroxylation is 2. The highest BCUT2D eigenvalue weighted by Crippen LogP contribution is 2.36. The van der Waals surface area contributed by atoms with Crippen molar-refractivity contribution in [1.29, 1.82) is 0 Å². The van der Waals surface area contributed by atoms with E-state index in [4.69, 9.17) is 22.1 Å². The van der Waals surface area contributed by atoms with Gasteiger partial charge in [0.15, 0.2) is 0 Å². The molecule has 190 valence electrons. The van der Waals surface area contributed by atoms with Crippen molar-refractivity contribution >= 4 is 33.5 Å². The SMILES string of the molecule is Cc1ccnc(Oc2ccc(-c3cc4c(cc3F)ncc3[nH]c(C)nc34)c(Cl)c2)n1.NC1CCCCC1. The summed E-state index contributed by atoms with van der Waals surface area (Å²) >= 11 is 6.48. The van der Waals surface area contributed by atoms with Crippen LogP contribution in [-0.2, 0) is 0 Å². The number of halogens is 2. The van der Waals surface area contributed by atoms with E-state index in [0.717, 1.165) is 27.9 Å². The molecule has 5 aromatic rings. The van der Waals surface area contributed by atoms with E-state index in [-0.39, 0.29) is 6.01 Å². The molecule has 1 aliphatic rings. The van der Waals surface area contributed by atoms with Gasteiger partial charge in [-0.05, 0) is 51.0 Å². The number of nitrogens with zero attached hydrogens (tertiary/aromatic N) is 4. The summed E-state index contributed by atoms with van der Waals surface area (Å²) in [4.78, 5) is 20.3. The standard InChI is InChI=1S/C22H15ClFN5O.C6H13N/c1-11-5-6-25-22(27-11)30-13-3-4-14(17(23)7-13)15-8-16-19(9-18(15)24)26-10-20-21(16)29-12(2)28-20;7-6-4-2-1-3-5-6/h3-10H,1-2H3,(H,28,29);6H,1-5,7H2. The summed E-state index contributed by atoms with van der Waals surface area (Å²) in [5.41, 5.74) is 9.39. The average Bonchev–Trinajstić information content (AvgIpc) is 3.26. The van der Waals surface area contributed by atoms with Crippen molar-refractivity contribution in [3.8, 4) is 22.9 Å². The number of hydrogen-bond donors (Lipinski definition) is 2. The Morgan fingerprint density at radius 3 is 2.51 bits per heavy atom. The average molecular weight is 519 g/mol. The minimum atomic E-state index is -0.417. The van der Waals surface area contributed by atoms with Gasteiger partial charge in [0.05, 0.1) is 27.8 Å². The summed E-state index contributed by atoms with van der Waals surface area (Å²) in [5.74, 6) is 0.810. The molecule has 0 amide bonds. The lowest BCUT2D eigenvalue weighted by Gasteiger charge is -2.15. The van der Waals surface area contributed by atoms with Crippen molar-refractivity contribution in [3.05, 3.63) is 71.2 Å². The molecular formula is C28H28ClFN6O. The summed E-state index contributed by atoms with van der Waals surface area (Å²) in [7, 11) is 0. The zero-order valence-corrected chi connectivity index (χ0v) is 21.5. The first-order valence-corrected chi connectivity index (χ1v) is 12.7. The number of benzene rings is 2. The van der Waals surface area contributed by atoms with Crippen LogP contribution in [0.4, 0.5) is 4.39 Å². The number of fused-ring (bicyclic) bond motifs is 3. The van der Waals surface area contributed by atoms with Crippen LogP contribution in [0.15, 0.2) is 48.8 Å². The van der Waals surface area contributed by atoms with Gasteiger partial charge in [0.25, 0.3) is 0 Å². The van der Waals surface area contributed by atoms with Gasteiger partial charge in [0.2, 0.25) is 0 Å². The maximum absolute atomic E-state index is 14.9. The first kappa shape index (κ1) is 25.0. The molecule has 3 heterocycles. The van der Waals surface area contributed by atoms with Crippen LogP contribution >= 0.6 is 11.6 Å². The molecule has 0 atom stereocenters. The zero-order chi connectivity index (χ0) is 25.9. The molecule has 37 heavy (non-hydrogen) atoms. The second-order valence-electron chi connectivity index (χ2n) is 9.31. The van der Waals surface area contributed by atoms with Crippen molar-refractivity contribution in [2.24, 2.45) is 5.73 Å². The first-order valence-electron chi connectivity index (χ1n) is 12.3. The van der Waals surface area contributed by atoms with Gasteiger partial charge in [-0.3, -0.25) is 4.98 Å². The minimum Gasteiger partial charge on any atom is -0.424 e. The first-order chi connectivity index (χ1) is 17.9. The van der Waals surface area contributed by atoms with Gasteiger partial charge in [-0.2, -0.15) is 0 Å². The fourth-order valence-electron chi connectivity index (χ4n) is 4.50. The maximum atomic E-state index is 14.9. The third-order valence-electron chi connectivity index (χ3n) is 6.39. The monoisotopic (exact) mass is 518 g/mol. The summed E-state index contributed by atoms with van der Waals surface area (Å²) in [6.07, 6.45) is 9.93. The molecule has 1 saturated carbocycles. The molecule has 7 nitrogen and oxygen atoms in total. The van der Waals surface area contributed by atoms with Crippen molar-refractivity contribution in [2.45, 2.75) is 52.0 Å². The van der Waals surface area contributed by atoms with E-state index < -0.39 is 5.82 Å². The van der Waals surface area contributed by atoms with Gasteiger partial charge in [0, 0.05) is 46.6 Å². The molecule has 0 aliphatic heterocycles. The predicted octanol–water partition coefficient (Wildman–Crippen LogP) is 7.05. The Kier molecular flexibility index (Phi) is 7.30. The molecule has 9 heteroatoms. The highest BCUT2D eigenvalue weighted by Gasteiger charge is 2.15. The molecule has 2 aromatic carbocycles. The number of pyridine rings is 1. The molecule has 1 aliphatic carbocycles. The topological polar surface area (TPSA) is 103 Å². The van der Waals surface area contributed by atoms with Crippen LogP contribution in [-0.4, -0.2) is 31.0 Å². The third kappa shape index (κ3) is 5.70. The highest BCUT2D eigenvalue weighted by molar-refractivity contribution is 6.33. The van der Waals surface area contributed by atoms with Gasteiger partial charge in [0.1, 0.15) is 17.4 Å². The fraction of sp³-hybridized carbons (Fsp3) is 0.286. The van der Waals surface area contributed by atoms with Gasteiger partial charge in [-0.1, -0.05) is 30.9 Å². The van der Waals surface area contributed by atoms with Crippen molar-refractivity contribution < 1.29 is 9.13 Å². The number of imidazole rings is 1. The molecule has 0 radical (unpaired) electrons. The maximum Gasteiger partial charge on any atom is 0.322 e. The van der Waals surface area contributed by atoms with E-state index in [1.165, 1.54) is 38.2 Å². The number of nitrogens with two attached hydrogens (primary N) is 1. The van der Waals surface area contributed by atoms with E-state index in [1.807, 2.05) is 13.8 Å². The van der Waals surface area contributed by atoms with Crippen LogP contribution in [0.25, 0.3) is 33.1 Å². The zero-order valence-electron chi connectivity index (χ0n) is 20.8. The van der Waals surface area contributed by atoms with Crippen LogP contribution in [0.3, 0.4) is 0 Å². The Hall–Kier alpha value is -3.62. The van der Waals surface area contributed by atoms with E-state index in [0.29, 0.717) is 33.5 Å². The number of H-pyrrole nitrogens is 1. The number of hydrogen-bond acceptors (Lipinski definition) is 6. The Bertz CT molecular complexity index is 1560. The molecule has 3 aromatic heterocycles. The number of nitrogens with one attached hydrogen (secondary N) is 1. The van der Waals surface area contributed by atoms with Crippen molar-refractivity contribution in [3.63, 3.8) is 0 Å². The van der Waals surface area contributed by atoms with E-state index in [9.17, 15) is 4.39 Å². The smallest absolute Gasteiger partial charge is 0.322 e. The van der Waals surface area contributed by atoms with Gasteiger partial charge < -0.3 is 15.5 Å². The fourth-order valence-corrected chi connectivity index (χ4v) is 4.77. The Morgan fingerprint density at radius 1 is 1.00 bits per heavy atom. The molecule has 3 N–H and O–H groups in total. The molecule has 0 saturated heterocycles. The third-order valence-corrected chi connectivity index (χ3v) is 6.70. The number of rotatable bonds is 3. The van der Waals surface area contributed by atoms with E-state index in [1.54, 1.807) is 42.7 Å². The lowest BCUT2D eigenvalue weighted by Crippen LogP contribution is -2.22. The van der Waals surface area contributed by atoms with Gasteiger partial charge >= 0.3 is 6.01 Å². The molecule has 0 unspecified atom stereocenters. The molecular weight excluding hydrogens is 491 g/mol. The predicted molar refractivity (Wildman–Crippen MR) is 144 cm³/mol. The Labute approximate surface area is 219 Å². The van der Waals surface area contributed by atoms with E-state index >= 15 is 0 Å². The molecule has 0 spiro atoms. The van der Waals surface area contributed by atoms with Crippen LogP contribution < -0.4 is 10.5 Å². The number of ether oxygens (including phenoxy) is 1. The van der Waals surface area contributed by atoms with Crippen LogP contribution in [0.2, 0.25) is 5.02 Å². The van der Waals surface area contributed by atoms with Crippen molar-refractivity contribution in [2.75, 3.05) is 0 Å². The minimum absolute atomic E-state index is 0.220. The largest absolute Gasteiger partial charge is 0.424 e. The Morgan fingerprint density at radius 2 is 1.81 bits per heavy atom. The Balaban J connectivity index is 0.000000348. The molecule has 0 bridgehead atoms. The van der Waals surface area contributed by atoms with Crippen molar-refractivity contribution in [1.82, 2.24) is 24.9 Å². The van der Waals surface area contributed by atoms with E-state index in [2.05, 4.69) is 24.9 Å². The van der Waals surface area contributed by atoms with Crippen LogP contribution in [0.5, 0.6) is 11.8 Å².